The maximum absolute atomic E-state index is 5.43. The molecule has 0 aliphatic carbocycles. The molecular weight excluding hydrogens is 214 g/mol. The summed E-state index contributed by atoms with van der Waals surface area (Å²) in [6.45, 7) is 4.93. The van der Waals surface area contributed by atoms with Crippen molar-refractivity contribution in [2.24, 2.45) is 5.92 Å². The van der Waals surface area contributed by atoms with E-state index in [1.165, 1.54) is 18.4 Å². The maximum atomic E-state index is 5.43. The smallest absolute Gasteiger partial charge is 0.0522 e. The quantitative estimate of drug-likeness (QED) is 0.814. The second kappa shape index (κ2) is 6.17. The van der Waals surface area contributed by atoms with Crippen LogP contribution in [0.1, 0.15) is 25.3 Å². The van der Waals surface area contributed by atoms with Crippen molar-refractivity contribution in [3.05, 3.63) is 18.0 Å². The molecule has 1 saturated heterocycles. The molecule has 0 spiro atoms. The van der Waals surface area contributed by atoms with Gasteiger partial charge in [-0.25, -0.2) is 0 Å². The zero-order valence-electron chi connectivity index (χ0n) is 10.9. The summed E-state index contributed by atoms with van der Waals surface area (Å²) in [7, 11) is 2.05. The number of nitrogens with one attached hydrogen (secondary N) is 1. The molecule has 0 aromatic carbocycles. The molecule has 0 saturated carbocycles. The van der Waals surface area contributed by atoms with E-state index in [0.29, 0.717) is 6.04 Å². The molecule has 1 aromatic rings. The van der Waals surface area contributed by atoms with Crippen LogP contribution in [0.2, 0.25) is 0 Å². The van der Waals surface area contributed by atoms with Gasteiger partial charge < -0.3 is 10.1 Å². The lowest BCUT2D eigenvalue weighted by Gasteiger charge is -2.18. The summed E-state index contributed by atoms with van der Waals surface area (Å²) in [4.78, 5) is 0. The number of rotatable bonds is 6. The van der Waals surface area contributed by atoms with Gasteiger partial charge >= 0.3 is 0 Å². The minimum Gasteiger partial charge on any atom is -0.381 e. The van der Waals surface area contributed by atoms with Crippen molar-refractivity contribution in [1.82, 2.24) is 15.1 Å². The molecule has 1 aliphatic rings. The first-order valence-corrected chi connectivity index (χ1v) is 6.58. The molecule has 96 valence electrons. The van der Waals surface area contributed by atoms with Gasteiger partial charge in [-0.2, -0.15) is 5.10 Å². The van der Waals surface area contributed by atoms with E-state index in [0.717, 1.165) is 32.1 Å². The summed E-state index contributed by atoms with van der Waals surface area (Å²) < 4.78 is 7.42. The van der Waals surface area contributed by atoms with Crippen molar-refractivity contribution in [3.8, 4) is 0 Å². The first kappa shape index (κ1) is 12.6. The summed E-state index contributed by atoms with van der Waals surface area (Å²) in [5.41, 5.74) is 1.32. The lowest BCUT2D eigenvalue weighted by Crippen LogP contribution is -2.30. The van der Waals surface area contributed by atoms with Gasteiger partial charge in [0.2, 0.25) is 0 Å². The molecule has 0 amide bonds. The van der Waals surface area contributed by atoms with Crippen molar-refractivity contribution in [1.29, 1.82) is 0 Å². The number of nitrogens with zero attached hydrogens (tertiary/aromatic N) is 2. The average Bonchev–Trinajstić information content (AvgIpc) is 2.99. The highest BCUT2D eigenvalue weighted by molar-refractivity contribution is 5.06. The molecule has 1 N–H and O–H groups in total. The van der Waals surface area contributed by atoms with Crippen LogP contribution in [-0.2, 0) is 17.7 Å². The van der Waals surface area contributed by atoms with E-state index in [1.54, 1.807) is 0 Å². The van der Waals surface area contributed by atoms with Crippen LogP contribution in [0.5, 0.6) is 0 Å². The Morgan fingerprint density at radius 1 is 1.65 bits per heavy atom. The molecule has 4 heteroatoms. The summed E-state index contributed by atoms with van der Waals surface area (Å²) >= 11 is 0. The fourth-order valence-corrected chi connectivity index (χ4v) is 2.44. The molecule has 17 heavy (non-hydrogen) atoms. The highest BCUT2D eigenvalue weighted by Crippen LogP contribution is 2.19. The van der Waals surface area contributed by atoms with Crippen molar-refractivity contribution in [2.45, 2.75) is 38.8 Å². The van der Waals surface area contributed by atoms with Crippen molar-refractivity contribution in [3.63, 3.8) is 0 Å². The van der Waals surface area contributed by atoms with Crippen molar-refractivity contribution < 1.29 is 4.74 Å². The van der Waals surface area contributed by atoms with E-state index < -0.39 is 0 Å². The molecule has 1 aliphatic heterocycles. The minimum atomic E-state index is 0.538. The second-order valence-corrected chi connectivity index (χ2v) is 4.86. The molecule has 2 atom stereocenters. The monoisotopic (exact) mass is 237 g/mol. The van der Waals surface area contributed by atoms with E-state index in [2.05, 4.69) is 23.5 Å². The highest BCUT2D eigenvalue weighted by atomic mass is 16.5. The molecule has 2 heterocycles. The molecule has 4 nitrogen and oxygen atoms in total. The Labute approximate surface area is 103 Å². The Bertz CT molecular complexity index is 331. The standard InChI is InChI=1S/C13H23N3O/c1-3-16-9-12(8-15-16)7-13(14-2)6-11-4-5-17-10-11/h8-9,11,13-14H,3-7,10H2,1-2H3. The normalized spacial score (nSPS) is 21.9. The van der Waals surface area contributed by atoms with E-state index in [4.69, 9.17) is 4.74 Å². The number of hydrogen-bond acceptors (Lipinski definition) is 3. The first-order valence-electron chi connectivity index (χ1n) is 6.58. The van der Waals surface area contributed by atoms with Gasteiger partial charge in [0.25, 0.3) is 0 Å². The van der Waals surface area contributed by atoms with Gasteiger partial charge in [0.15, 0.2) is 0 Å². The highest BCUT2D eigenvalue weighted by Gasteiger charge is 2.20. The minimum absolute atomic E-state index is 0.538. The zero-order chi connectivity index (χ0) is 12.1. The zero-order valence-corrected chi connectivity index (χ0v) is 10.9. The van der Waals surface area contributed by atoms with E-state index in [9.17, 15) is 0 Å². The van der Waals surface area contributed by atoms with E-state index in [-0.39, 0.29) is 0 Å². The molecule has 0 bridgehead atoms. The van der Waals surface area contributed by atoms with Gasteiger partial charge in [-0.3, -0.25) is 4.68 Å². The summed E-state index contributed by atoms with van der Waals surface area (Å²) in [6.07, 6.45) is 7.61. The van der Waals surface area contributed by atoms with Crippen LogP contribution in [0.3, 0.4) is 0 Å². The third-order valence-corrected chi connectivity index (χ3v) is 3.54. The Morgan fingerprint density at radius 3 is 3.12 bits per heavy atom. The maximum Gasteiger partial charge on any atom is 0.0522 e. The number of aryl methyl sites for hydroxylation is 1. The summed E-state index contributed by atoms with van der Waals surface area (Å²) in [5, 5.41) is 7.73. The van der Waals surface area contributed by atoms with E-state index in [1.807, 2.05) is 17.9 Å². The summed E-state index contributed by atoms with van der Waals surface area (Å²) in [6, 6.07) is 0.538. The molecular formula is C13H23N3O. The van der Waals surface area contributed by atoms with Gasteiger partial charge in [0.1, 0.15) is 0 Å². The Morgan fingerprint density at radius 2 is 2.53 bits per heavy atom. The largest absolute Gasteiger partial charge is 0.381 e. The topological polar surface area (TPSA) is 39.1 Å². The number of ether oxygens (including phenoxy) is 1. The van der Waals surface area contributed by atoms with Crippen LogP contribution in [-0.4, -0.2) is 36.1 Å². The number of likely N-dealkylation sites (N-methyl/N-ethyl adjacent to an activating group) is 1. The van der Waals surface area contributed by atoms with Crippen LogP contribution in [0, 0.1) is 5.92 Å². The fraction of sp³-hybridized carbons (Fsp3) is 0.769. The number of aromatic nitrogens is 2. The van der Waals surface area contributed by atoms with Gasteiger partial charge in [0.05, 0.1) is 6.20 Å². The Kier molecular flexibility index (Phi) is 4.57. The van der Waals surface area contributed by atoms with Gasteiger partial charge in [-0.15, -0.1) is 0 Å². The van der Waals surface area contributed by atoms with Crippen LogP contribution < -0.4 is 5.32 Å². The molecule has 0 radical (unpaired) electrons. The lowest BCUT2D eigenvalue weighted by atomic mass is 9.95. The SMILES string of the molecule is CCn1cc(CC(CC2CCOC2)NC)cn1. The number of hydrogen-bond donors (Lipinski definition) is 1. The second-order valence-electron chi connectivity index (χ2n) is 4.86. The third-order valence-electron chi connectivity index (χ3n) is 3.54. The Balaban J connectivity index is 1.85. The van der Waals surface area contributed by atoms with Crippen molar-refractivity contribution in [2.75, 3.05) is 20.3 Å². The van der Waals surface area contributed by atoms with Gasteiger partial charge in [-0.1, -0.05) is 0 Å². The van der Waals surface area contributed by atoms with Gasteiger partial charge in [0, 0.05) is 32.0 Å². The van der Waals surface area contributed by atoms with Crippen LogP contribution in [0.15, 0.2) is 12.4 Å². The van der Waals surface area contributed by atoms with E-state index >= 15 is 0 Å². The molecule has 1 fully saturated rings. The van der Waals surface area contributed by atoms with Crippen molar-refractivity contribution >= 4 is 0 Å². The molecule has 1 aromatic heterocycles. The predicted molar refractivity (Wildman–Crippen MR) is 68.0 cm³/mol. The molecule has 2 rings (SSSR count). The molecule has 2 unspecified atom stereocenters. The third kappa shape index (κ3) is 3.54. The fourth-order valence-electron chi connectivity index (χ4n) is 2.44. The van der Waals surface area contributed by atoms with Gasteiger partial charge in [-0.05, 0) is 44.7 Å². The Hall–Kier alpha value is -0.870. The predicted octanol–water partition coefficient (Wildman–Crippen LogP) is 1.46. The first-order chi connectivity index (χ1) is 8.31. The average molecular weight is 237 g/mol. The van der Waals surface area contributed by atoms with Crippen LogP contribution >= 0.6 is 0 Å². The summed E-state index contributed by atoms with van der Waals surface area (Å²) in [5.74, 6) is 0.730. The van der Waals surface area contributed by atoms with Crippen LogP contribution in [0.25, 0.3) is 0 Å². The van der Waals surface area contributed by atoms with Crippen LogP contribution in [0.4, 0.5) is 0 Å². The lowest BCUT2D eigenvalue weighted by molar-refractivity contribution is 0.181.